The lowest BCUT2D eigenvalue weighted by atomic mass is 10.3. The Morgan fingerprint density at radius 2 is 1.62 bits per heavy atom. The molecule has 0 N–H and O–H groups in total. The van der Waals surface area contributed by atoms with E-state index >= 15 is 0 Å². The van der Waals surface area contributed by atoms with Crippen LogP contribution in [0.3, 0.4) is 0 Å². The average Bonchev–Trinajstić information content (AvgIpc) is 2.13. The van der Waals surface area contributed by atoms with Crippen molar-refractivity contribution in [1.82, 2.24) is 0 Å². The van der Waals surface area contributed by atoms with E-state index in [1.54, 1.807) is 0 Å². The van der Waals surface area contributed by atoms with Gasteiger partial charge in [-0.2, -0.15) is 21.6 Å². The van der Waals surface area contributed by atoms with Gasteiger partial charge in [0.1, 0.15) is 5.75 Å². The highest BCUT2D eigenvalue weighted by Gasteiger charge is 2.28. The standard InChI is InChI=1S/C8H6F4O3S/c9-8(10,11)5-15-6-1-3-7(4-2-6)16(12,13)14/h1-4H,5H2. The van der Waals surface area contributed by atoms with E-state index in [1.807, 2.05) is 0 Å². The molecule has 0 saturated heterocycles. The van der Waals surface area contributed by atoms with Gasteiger partial charge >= 0.3 is 16.4 Å². The first-order valence-corrected chi connectivity index (χ1v) is 5.31. The van der Waals surface area contributed by atoms with Crippen molar-refractivity contribution in [2.24, 2.45) is 0 Å². The van der Waals surface area contributed by atoms with E-state index in [9.17, 15) is 25.5 Å². The summed E-state index contributed by atoms with van der Waals surface area (Å²) in [6, 6.07) is 3.53. The largest absolute Gasteiger partial charge is 0.484 e. The third-order valence-electron chi connectivity index (χ3n) is 1.51. The van der Waals surface area contributed by atoms with Crippen molar-refractivity contribution in [3.8, 4) is 5.75 Å². The molecule has 16 heavy (non-hydrogen) atoms. The van der Waals surface area contributed by atoms with E-state index in [2.05, 4.69) is 4.74 Å². The summed E-state index contributed by atoms with van der Waals surface area (Å²) in [5, 5.41) is 0. The van der Waals surface area contributed by atoms with Gasteiger partial charge in [-0.15, -0.1) is 3.89 Å². The normalized spacial score (nSPS) is 12.5. The first-order chi connectivity index (χ1) is 7.18. The number of ether oxygens (including phenoxy) is 1. The van der Waals surface area contributed by atoms with Gasteiger partial charge in [-0.1, -0.05) is 0 Å². The van der Waals surface area contributed by atoms with Gasteiger partial charge in [-0.05, 0) is 24.3 Å². The molecule has 0 aliphatic rings. The molecule has 0 amide bonds. The Labute approximate surface area is 88.9 Å². The fourth-order valence-corrected chi connectivity index (χ4v) is 1.32. The van der Waals surface area contributed by atoms with E-state index in [1.165, 1.54) is 0 Å². The van der Waals surface area contributed by atoms with Gasteiger partial charge in [0.2, 0.25) is 0 Å². The van der Waals surface area contributed by atoms with Crippen LogP contribution in [-0.2, 0) is 10.2 Å². The van der Waals surface area contributed by atoms with E-state index in [0.717, 1.165) is 24.3 Å². The van der Waals surface area contributed by atoms with Gasteiger partial charge in [0, 0.05) is 0 Å². The van der Waals surface area contributed by atoms with Crippen molar-refractivity contribution in [3.63, 3.8) is 0 Å². The molecule has 8 heteroatoms. The summed E-state index contributed by atoms with van der Waals surface area (Å²) in [4.78, 5) is -0.633. The lowest BCUT2D eigenvalue weighted by Gasteiger charge is -2.08. The first-order valence-electron chi connectivity index (χ1n) is 3.93. The maximum absolute atomic E-state index is 12.4. The summed E-state index contributed by atoms with van der Waals surface area (Å²) in [6.07, 6.45) is -4.48. The van der Waals surface area contributed by atoms with Gasteiger partial charge in [0.25, 0.3) is 0 Å². The lowest BCUT2D eigenvalue weighted by molar-refractivity contribution is -0.153. The van der Waals surface area contributed by atoms with Crippen molar-refractivity contribution < 1.29 is 30.2 Å². The number of hydrogen-bond acceptors (Lipinski definition) is 3. The van der Waals surface area contributed by atoms with Crippen molar-refractivity contribution >= 4 is 10.2 Å². The molecule has 0 saturated carbocycles. The first kappa shape index (κ1) is 12.8. The van der Waals surface area contributed by atoms with Crippen molar-refractivity contribution in [3.05, 3.63) is 24.3 Å². The zero-order chi connectivity index (χ0) is 12.4. The monoisotopic (exact) mass is 258 g/mol. The zero-order valence-corrected chi connectivity index (χ0v) is 8.48. The van der Waals surface area contributed by atoms with E-state index in [0.29, 0.717) is 0 Å². The molecule has 0 aromatic heterocycles. The minimum Gasteiger partial charge on any atom is -0.484 e. The fourth-order valence-electron chi connectivity index (χ4n) is 0.864. The third-order valence-corrected chi connectivity index (χ3v) is 2.34. The second-order valence-electron chi connectivity index (χ2n) is 2.81. The molecular weight excluding hydrogens is 252 g/mol. The molecule has 1 aromatic rings. The topological polar surface area (TPSA) is 43.4 Å². The number of benzene rings is 1. The van der Waals surface area contributed by atoms with Crippen LogP contribution in [0.2, 0.25) is 0 Å². The second kappa shape index (κ2) is 4.28. The van der Waals surface area contributed by atoms with E-state index in [4.69, 9.17) is 0 Å². The zero-order valence-electron chi connectivity index (χ0n) is 7.66. The van der Waals surface area contributed by atoms with E-state index < -0.39 is 27.9 Å². The molecule has 3 nitrogen and oxygen atoms in total. The number of hydrogen-bond donors (Lipinski definition) is 0. The number of halogens is 4. The second-order valence-corrected chi connectivity index (χ2v) is 4.16. The highest BCUT2D eigenvalue weighted by Crippen LogP contribution is 2.20. The van der Waals surface area contributed by atoms with Crippen molar-refractivity contribution in [2.75, 3.05) is 6.61 Å². The molecule has 0 radical (unpaired) electrons. The molecule has 0 spiro atoms. The van der Waals surface area contributed by atoms with Crippen LogP contribution in [0.15, 0.2) is 29.2 Å². The number of alkyl halides is 3. The fraction of sp³-hybridized carbons (Fsp3) is 0.250. The highest BCUT2D eigenvalue weighted by atomic mass is 32.3. The Bertz CT molecular complexity index is 449. The van der Waals surface area contributed by atoms with Crippen molar-refractivity contribution in [2.45, 2.75) is 11.1 Å². The Hall–Kier alpha value is -1.31. The summed E-state index contributed by atoms with van der Waals surface area (Å²) in [7, 11) is -4.84. The maximum Gasteiger partial charge on any atom is 0.422 e. The van der Waals surface area contributed by atoms with Crippen LogP contribution in [0, 0.1) is 0 Å². The molecule has 1 aromatic carbocycles. The van der Waals surface area contributed by atoms with Gasteiger partial charge in [-0.25, -0.2) is 0 Å². The van der Waals surface area contributed by atoms with Crippen LogP contribution in [0.25, 0.3) is 0 Å². The molecule has 0 bridgehead atoms. The lowest BCUT2D eigenvalue weighted by Crippen LogP contribution is -2.19. The Balaban J connectivity index is 2.73. The third kappa shape index (κ3) is 4.05. The molecule has 90 valence electrons. The minimum absolute atomic E-state index is 0.190. The SMILES string of the molecule is O=S(=O)(F)c1ccc(OCC(F)(F)F)cc1. The summed E-state index contributed by atoms with van der Waals surface area (Å²) in [6.45, 7) is -1.49. The molecule has 0 aliphatic heterocycles. The molecule has 0 fully saturated rings. The summed E-state index contributed by atoms with van der Waals surface area (Å²) in [5.41, 5.74) is 0. The van der Waals surface area contributed by atoms with Crippen LogP contribution < -0.4 is 4.74 Å². The van der Waals surface area contributed by atoms with Gasteiger partial charge in [0.05, 0.1) is 4.90 Å². The predicted octanol–water partition coefficient (Wildman–Crippen LogP) is 2.29. The summed E-state index contributed by atoms with van der Waals surface area (Å²) < 4.78 is 72.6. The van der Waals surface area contributed by atoms with E-state index in [-0.39, 0.29) is 5.75 Å². The molecule has 0 unspecified atom stereocenters. The molecule has 1 rings (SSSR count). The van der Waals surface area contributed by atoms with Gasteiger partial charge in [-0.3, -0.25) is 0 Å². The predicted molar refractivity (Wildman–Crippen MR) is 46.3 cm³/mol. The van der Waals surface area contributed by atoms with Crippen LogP contribution in [0.1, 0.15) is 0 Å². The van der Waals surface area contributed by atoms with Crippen LogP contribution in [-0.4, -0.2) is 21.2 Å². The van der Waals surface area contributed by atoms with Crippen LogP contribution in [0.5, 0.6) is 5.75 Å². The van der Waals surface area contributed by atoms with Crippen LogP contribution in [0.4, 0.5) is 17.1 Å². The Kier molecular flexibility index (Phi) is 3.41. The number of rotatable bonds is 3. The minimum atomic E-state index is -4.84. The highest BCUT2D eigenvalue weighted by molar-refractivity contribution is 7.86. The molecular formula is C8H6F4O3S. The molecule has 0 atom stereocenters. The maximum atomic E-state index is 12.4. The molecule has 0 heterocycles. The van der Waals surface area contributed by atoms with Crippen LogP contribution >= 0.6 is 0 Å². The summed E-state index contributed by atoms with van der Waals surface area (Å²) in [5.74, 6) is -0.190. The smallest absolute Gasteiger partial charge is 0.422 e. The van der Waals surface area contributed by atoms with Gasteiger partial charge < -0.3 is 4.74 Å². The Morgan fingerprint density at radius 3 is 2.00 bits per heavy atom. The van der Waals surface area contributed by atoms with Gasteiger partial charge in [0.15, 0.2) is 6.61 Å². The van der Waals surface area contributed by atoms with Crippen molar-refractivity contribution in [1.29, 1.82) is 0 Å². The average molecular weight is 258 g/mol. The quantitative estimate of drug-likeness (QED) is 0.617. The molecule has 0 aliphatic carbocycles. The summed E-state index contributed by atoms with van der Waals surface area (Å²) >= 11 is 0. The Morgan fingerprint density at radius 1 is 1.12 bits per heavy atom.